The van der Waals surface area contributed by atoms with Crippen LogP contribution in [0.3, 0.4) is 0 Å². The van der Waals surface area contributed by atoms with E-state index in [0.717, 1.165) is 18.4 Å². The second kappa shape index (κ2) is 4.26. The van der Waals surface area contributed by atoms with E-state index in [1.165, 1.54) is 0 Å². The molecular formula is C11H16O2. The Morgan fingerprint density at radius 3 is 2.85 bits per heavy atom. The molecule has 0 saturated heterocycles. The van der Waals surface area contributed by atoms with E-state index in [4.69, 9.17) is 0 Å². The lowest BCUT2D eigenvalue weighted by molar-refractivity contribution is -0.118. The van der Waals surface area contributed by atoms with Crippen LogP contribution in [0.15, 0.2) is 23.5 Å². The van der Waals surface area contributed by atoms with Crippen LogP contribution in [0.4, 0.5) is 0 Å². The molecule has 0 spiro atoms. The van der Waals surface area contributed by atoms with Crippen LogP contribution in [0.25, 0.3) is 0 Å². The first-order valence-corrected chi connectivity index (χ1v) is 4.75. The van der Waals surface area contributed by atoms with Gasteiger partial charge in [0.2, 0.25) is 0 Å². The van der Waals surface area contributed by atoms with E-state index < -0.39 is 0 Å². The SMILES string of the molecule is CCCC1CC(=C(C)O)C=CC1=O. The van der Waals surface area contributed by atoms with Crippen molar-refractivity contribution in [3.05, 3.63) is 23.5 Å². The molecule has 0 aliphatic heterocycles. The second-order valence-electron chi connectivity index (χ2n) is 3.54. The zero-order valence-corrected chi connectivity index (χ0v) is 8.21. The molecule has 0 radical (unpaired) electrons. The molecule has 0 aromatic rings. The zero-order valence-electron chi connectivity index (χ0n) is 8.21. The molecule has 0 aromatic heterocycles. The Balaban J connectivity index is 2.77. The molecule has 0 amide bonds. The van der Waals surface area contributed by atoms with Crippen LogP contribution in [0.2, 0.25) is 0 Å². The third-order valence-corrected chi connectivity index (χ3v) is 2.42. The minimum atomic E-state index is 0.0899. The molecule has 0 heterocycles. The lowest BCUT2D eigenvalue weighted by Crippen LogP contribution is -2.16. The van der Waals surface area contributed by atoms with E-state index >= 15 is 0 Å². The summed E-state index contributed by atoms with van der Waals surface area (Å²) < 4.78 is 0. The van der Waals surface area contributed by atoms with Gasteiger partial charge in [-0.1, -0.05) is 19.4 Å². The molecule has 72 valence electrons. The minimum Gasteiger partial charge on any atom is -0.512 e. The van der Waals surface area contributed by atoms with Crippen molar-refractivity contribution in [1.29, 1.82) is 0 Å². The summed E-state index contributed by atoms with van der Waals surface area (Å²) in [6.07, 6.45) is 5.94. The summed E-state index contributed by atoms with van der Waals surface area (Å²) in [5.74, 6) is 0.629. The third kappa shape index (κ3) is 2.44. The number of allylic oxidation sites excluding steroid dienone is 4. The summed E-state index contributed by atoms with van der Waals surface area (Å²) in [5.41, 5.74) is 0.901. The Labute approximate surface area is 79.0 Å². The summed E-state index contributed by atoms with van der Waals surface area (Å²) in [5, 5.41) is 9.27. The summed E-state index contributed by atoms with van der Waals surface area (Å²) in [7, 11) is 0. The summed E-state index contributed by atoms with van der Waals surface area (Å²) in [4.78, 5) is 11.4. The molecule has 1 aliphatic carbocycles. The molecule has 1 unspecified atom stereocenters. The van der Waals surface area contributed by atoms with Gasteiger partial charge in [0.1, 0.15) is 0 Å². The molecule has 13 heavy (non-hydrogen) atoms. The Morgan fingerprint density at radius 1 is 1.62 bits per heavy atom. The highest BCUT2D eigenvalue weighted by molar-refractivity contribution is 5.93. The maximum atomic E-state index is 11.4. The lowest BCUT2D eigenvalue weighted by atomic mass is 9.86. The van der Waals surface area contributed by atoms with Crippen LogP contribution in [-0.4, -0.2) is 10.9 Å². The predicted octanol–water partition coefficient (Wildman–Crippen LogP) is 2.76. The average molecular weight is 180 g/mol. The van der Waals surface area contributed by atoms with Crippen molar-refractivity contribution in [3.63, 3.8) is 0 Å². The van der Waals surface area contributed by atoms with E-state index in [1.54, 1.807) is 19.1 Å². The molecule has 2 nitrogen and oxygen atoms in total. The van der Waals surface area contributed by atoms with Gasteiger partial charge in [0, 0.05) is 5.92 Å². The van der Waals surface area contributed by atoms with Crippen LogP contribution in [-0.2, 0) is 4.79 Å². The molecule has 0 aromatic carbocycles. The molecule has 2 heteroatoms. The van der Waals surface area contributed by atoms with Gasteiger partial charge in [-0.3, -0.25) is 4.79 Å². The lowest BCUT2D eigenvalue weighted by Gasteiger charge is -2.18. The van der Waals surface area contributed by atoms with Crippen molar-refractivity contribution in [2.24, 2.45) is 5.92 Å². The van der Waals surface area contributed by atoms with Crippen molar-refractivity contribution in [2.75, 3.05) is 0 Å². The minimum absolute atomic E-state index is 0.0899. The molecule has 1 atom stereocenters. The molecule has 1 N–H and O–H groups in total. The maximum Gasteiger partial charge on any atom is 0.159 e. The fourth-order valence-corrected chi connectivity index (χ4v) is 1.61. The monoisotopic (exact) mass is 180 g/mol. The Hall–Kier alpha value is -1.05. The number of rotatable bonds is 2. The zero-order chi connectivity index (χ0) is 9.84. The number of aliphatic hydroxyl groups is 1. The van der Waals surface area contributed by atoms with Gasteiger partial charge in [-0.2, -0.15) is 0 Å². The van der Waals surface area contributed by atoms with E-state index in [2.05, 4.69) is 6.92 Å². The van der Waals surface area contributed by atoms with Crippen LogP contribution in [0.1, 0.15) is 33.1 Å². The Kier molecular flexibility index (Phi) is 3.29. The van der Waals surface area contributed by atoms with E-state index in [1.807, 2.05) is 0 Å². The fraction of sp³-hybridized carbons (Fsp3) is 0.545. The van der Waals surface area contributed by atoms with Crippen molar-refractivity contribution in [1.82, 2.24) is 0 Å². The number of ketones is 1. The van der Waals surface area contributed by atoms with E-state index in [0.29, 0.717) is 12.2 Å². The van der Waals surface area contributed by atoms with Gasteiger partial charge >= 0.3 is 0 Å². The Bertz CT molecular complexity index is 257. The molecule has 1 rings (SSSR count). The van der Waals surface area contributed by atoms with Gasteiger partial charge in [0.05, 0.1) is 5.76 Å². The first-order chi connectivity index (χ1) is 6.15. The summed E-state index contributed by atoms with van der Waals surface area (Å²) in [6.45, 7) is 3.74. The van der Waals surface area contributed by atoms with Crippen molar-refractivity contribution < 1.29 is 9.90 Å². The standard InChI is InChI=1S/C11H16O2/c1-3-4-10-7-9(8(2)12)5-6-11(10)13/h5-6,10,12H,3-4,7H2,1-2H3. The summed E-state index contributed by atoms with van der Waals surface area (Å²) >= 11 is 0. The highest BCUT2D eigenvalue weighted by Gasteiger charge is 2.20. The van der Waals surface area contributed by atoms with E-state index in [-0.39, 0.29) is 11.7 Å². The summed E-state index contributed by atoms with van der Waals surface area (Å²) in [6, 6.07) is 0. The third-order valence-electron chi connectivity index (χ3n) is 2.42. The van der Waals surface area contributed by atoms with Gasteiger partial charge < -0.3 is 5.11 Å². The van der Waals surface area contributed by atoms with Crippen LogP contribution in [0.5, 0.6) is 0 Å². The predicted molar refractivity (Wildman–Crippen MR) is 52.5 cm³/mol. The molecule has 0 bridgehead atoms. The van der Waals surface area contributed by atoms with Crippen molar-refractivity contribution in [2.45, 2.75) is 33.1 Å². The van der Waals surface area contributed by atoms with Gasteiger partial charge in [0.25, 0.3) is 0 Å². The van der Waals surface area contributed by atoms with Crippen LogP contribution < -0.4 is 0 Å². The average Bonchev–Trinajstić information content (AvgIpc) is 2.08. The quantitative estimate of drug-likeness (QED) is 0.663. The first kappa shape index (κ1) is 10.0. The number of carbonyl (C=O) groups is 1. The van der Waals surface area contributed by atoms with Crippen molar-refractivity contribution >= 4 is 5.78 Å². The van der Waals surface area contributed by atoms with Crippen LogP contribution >= 0.6 is 0 Å². The smallest absolute Gasteiger partial charge is 0.159 e. The van der Waals surface area contributed by atoms with Crippen LogP contribution in [0, 0.1) is 5.92 Å². The number of carbonyl (C=O) groups excluding carboxylic acids is 1. The van der Waals surface area contributed by atoms with Gasteiger partial charge in [-0.05, 0) is 31.4 Å². The van der Waals surface area contributed by atoms with E-state index in [9.17, 15) is 9.90 Å². The number of aliphatic hydroxyl groups excluding tert-OH is 1. The largest absolute Gasteiger partial charge is 0.512 e. The first-order valence-electron chi connectivity index (χ1n) is 4.75. The highest BCUT2D eigenvalue weighted by Crippen LogP contribution is 2.25. The second-order valence-corrected chi connectivity index (χ2v) is 3.54. The number of hydrogen-bond donors (Lipinski definition) is 1. The van der Waals surface area contributed by atoms with Gasteiger partial charge in [-0.15, -0.1) is 0 Å². The number of hydrogen-bond acceptors (Lipinski definition) is 2. The normalized spacial score (nSPS) is 26.3. The molecule has 0 saturated carbocycles. The van der Waals surface area contributed by atoms with Gasteiger partial charge in [-0.25, -0.2) is 0 Å². The van der Waals surface area contributed by atoms with Crippen molar-refractivity contribution in [3.8, 4) is 0 Å². The van der Waals surface area contributed by atoms with Gasteiger partial charge in [0.15, 0.2) is 5.78 Å². The fourth-order valence-electron chi connectivity index (χ4n) is 1.61. The molecular weight excluding hydrogens is 164 g/mol. The topological polar surface area (TPSA) is 37.3 Å². The highest BCUT2D eigenvalue weighted by atomic mass is 16.3. The molecule has 1 aliphatic rings. The molecule has 0 fully saturated rings. The Morgan fingerprint density at radius 2 is 2.31 bits per heavy atom. The maximum absolute atomic E-state index is 11.4.